The molecule has 1 saturated heterocycles. The number of carbonyl (C=O) groups excluding carboxylic acids is 2. The van der Waals surface area contributed by atoms with E-state index in [2.05, 4.69) is 5.32 Å². The molecule has 0 aromatic carbocycles. The van der Waals surface area contributed by atoms with Crippen LogP contribution in [0.25, 0.3) is 0 Å². The molecule has 1 aromatic rings. The number of amides is 2. The van der Waals surface area contributed by atoms with Crippen LogP contribution in [0.4, 0.5) is 0 Å². The van der Waals surface area contributed by atoms with Gasteiger partial charge in [-0.25, -0.2) is 0 Å². The first kappa shape index (κ1) is 14.3. The fourth-order valence-electron chi connectivity index (χ4n) is 2.30. The van der Waals surface area contributed by atoms with Gasteiger partial charge in [-0.2, -0.15) is 0 Å². The van der Waals surface area contributed by atoms with Gasteiger partial charge in [-0.1, -0.05) is 0 Å². The number of likely N-dealkylation sites (tertiary alicyclic amines) is 1. The largest absolute Gasteiger partial charge is 0.349 e. The number of pyridine rings is 1. The van der Waals surface area contributed by atoms with Crippen molar-refractivity contribution < 1.29 is 9.59 Å². The number of rotatable bonds is 2. The van der Waals surface area contributed by atoms with Crippen LogP contribution in [0.15, 0.2) is 23.1 Å². The van der Waals surface area contributed by atoms with E-state index in [1.165, 1.54) is 10.6 Å². The lowest BCUT2D eigenvalue weighted by Crippen LogP contribution is -2.46. The Labute approximate surface area is 117 Å². The standard InChI is InChI=1S/C14H19N3O3/c1-10(18)17-7-4-12(5-8-17)15-14(20)11-3-6-16(2)13(19)9-11/h3,6,9,12H,4-5,7-8H2,1-2H3,(H,15,20). The third kappa shape index (κ3) is 3.26. The molecular formula is C14H19N3O3. The van der Waals surface area contributed by atoms with Crippen molar-refractivity contribution in [2.75, 3.05) is 13.1 Å². The second-order valence-electron chi connectivity index (χ2n) is 5.12. The van der Waals surface area contributed by atoms with Crippen LogP contribution in [-0.2, 0) is 11.8 Å². The molecule has 108 valence electrons. The molecule has 2 amide bonds. The molecule has 1 aromatic heterocycles. The molecule has 1 N–H and O–H groups in total. The van der Waals surface area contributed by atoms with E-state index < -0.39 is 0 Å². The summed E-state index contributed by atoms with van der Waals surface area (Å²) in [6.45, 7) is 2.88. The maximum absolute atomic E-state index is 12.1. The van der Waals surface area contributed by atoms with Crippen LogP contribution < -0.4 is 10.9 Å². The zero-order valence-corrected chi connectivity index (χ0v) is 11.8. The minimum Gasteiger partial charge on any atom is -0.349 e. The summed E-state index contributed by atoms with van der Waals surface area (Å²) in [5, 5.41) is 2.92. The Morgan fingerprint density at radius 3 is 2.50 bits per heavy atom. The van der Waals surface area contributed by atoms with E-state index in [1.54, 1.807) is 31.1 Å². The summed E-state index contributed by atoms with van der Waals surface area (Å²) >= 11 is 0. The molecule has 0 saturated carbocycles. The van der Waals surface area contributed by atoms with Gasteiger partial charge in [-0.05, 0) is 18.9 Å². The SMILES string of the molecule is CC(=O)N1CCC(NC(=O)c2ccn(C)c(=O)c2)CC1. The highest BCUT2D eigenvalue weighted by Gasteiger charge is 2.22. The number of nitrogens with one attached hydrogen (secondary N) is 1. The Morgan fingerprint density at radius 1 is 1.30 bits per heavy atom. The van der Waals surface area contributed by atoms with Gasteiger partial charge in [0.1, 0.15) is 0 Å². The highest BCUT2D eigenvalue weighted by molar-refractivity contribution is 5.94. The van der Waals surface area contributed by atoms with E-state index in [-0.39, 0.29) is 23.4 Å². The smallest absolute Gasteiger partial charge is 0.251 e. The van der Waals surface area contributed by atoms with Crippen molar-refractivity contribution in [1.82, 2.24) is 14.8 Å². The van der Waals surface area contributed by atoms with E-state index in [0.717, 1.165) is 12.8 Å². The van der Waals surface area contributed by atoms with Crippen LogP contribution in [0, 0.1) is 0 Å². The van der Waals surface area contributed by atoms with Gasteiger partial charge in [-0.3, -0.25) is 14.4 Å². The van der Waals surface area contributed by atoms with Crippen LogP contribution in [0.3, 0.4) is 0 Å². The van der Waals surface area contributed by atoms with E-state index in [4.69, 9.17) is 0 Å². The lowest BCUT2D eigenvalue weighted by atomic mass is 10.0. The molecule has 0 bridgehead atoms. The van der Waals surface area contributed by atoms with Gasteiger partial charge in [0, 0.05) is 50.9 Å². The van der Waals surface area contributed by atoms with Crippen LogP contribution in [0.1, 0.15) is 30.1 Å². The Hall–Kier alpha value is -2.11. The van der Waals surface area contributed by atoms with Gasteiger partial charge in [0.2, 0.25) is 5.91 Å². The van der Waals surface area contributed by atoms with Crippen molar-refractivity contribution in [3.05, 3.63) is 34.2 Å². The molecule has 20 heavy (non-hydrogen) atoms. The first-order chi connectivity index (χ1) is 9.47. The zero-order chi connectivity index (χ0) is 14.7. The summed E-state index contributed by atoms with van der Waals surface area (Å²) in [4.78, 5) is 36.5. The lowest BCUT2D eigenvalue weighted by molar-refractivity contribution is -0.129. The molecule has 1 aliphatic rings. The zero-order valence-electron chi connectivity index (χ0n) is 11.8. The highest BCUT2D eigenvalue weighted by atomic mass is 16.2. The van der Waals surface area contributed by atoms with Gasteiger partial charge in [0.05, 0.1) is 0 Å². The van der Waals surface area contributed by atoms with E-state index >= 15 is 0 Å². The molecule has 2 heterocycles. The number of hydrogen-bond acceptors (Lipinski definition) is 3. The van der Waals surface area contributed by atoms with Gasteiger partial charge < -0.3 is 14.8 Å². The molecule has 0 radical (unpaired) electrons. The number of aromatic nitrogens is 1. The van der Waals surface area contributed by atoms with Crippen molar-refractivity contribution in [2.45, 2.75) is 25.8 Å². The van der Waals surface area contributed by atoms with Crippen molar-refractivity contribution >= 4 is 11.8 Å². The fraction of sp³-hybridized carbons (Fsp3) is 0.500. The topological polar surface area (TPSA) is 71.4 Å². The molecule has 1 fully saturated rings. The summed E-state index contributed by atoms with van der Waals surface area (Å²) < 4.78 is 1.42. The second kappa shape index (κ2) is 5.90. The van der Waals surface area contributed by atoms with Crippen molar-refractivity contribution in [3.8, 4) is 0 Å². The van der Waals surface area contributed by atoms with Gasteiger partial charge >= 0.3 is 0 Å². The van der Waals surface area contributed by atoms with Gasteiger partial charge in [0.15, 0.2) is 0 Å². The number of aryl methyl sites for hydroxylation is 1. The molecule has 0 spiro atoms. The first-order valence-corrected chi connectivity index (χ1v) is 6.70. The van der Waals surface area contributed by atoms with E-state index in [0.29, 0.717) is 18.7 Å². The minimum atomic E-state index is -0.232. The third-order valence-electron chi connectivity index (χ3n) is 3.64. The quantitative estimate of drug-likeness (QED) is 0.835. The molecule has 0 atom stereocenters. The number of piperidine rings is 1. The average molecular weight is 277 g/mol. The van der Waals surface area contributed by atoms with Crippen molar-refractivity contribution in [1.29, 1.82) is 0 Å². The van der Waals surface area contributed by atoms with Gasteiger partial charge in [-0.15, -0.1) is 0 Å². The molecule has 0 aliphatic carbocycles. The van der Waals surface area contributed by atoms with E-state index in [1.807, 2.05) is 0 Å². The normalized spacial score (nSPS) is 16.0. The van der Waals surface area contributed by atoms with Crippen LogP contribution in [-0.4, -0.2) is 40.4 Å². The first-order valence-electron chi connectivity index (χ1n) is 6.70. The predicted molar refractivity (Wildman–Crippen MR) is 74.4 cm³/mol. The Kier molecular flexibility index (Phi) is 4.22. The summed E-state index contributed by atoms with van der Waals surface area (Å²) in [5.41, 5.74) is 0.172. The number of carbonyl (C=O) groups is 2. The minimum absolute atomic E-state index is 0.0576. The maximum atomic E-state index is 12.1. The average Bonchev–Trinajstić information content (AvgIpc) is 2.42. The van der Waals surface area contributed by atoms with Crippen LogP contribution >= 0.6 is 0 Å². The molecular weight excluding hydrogens is 258 g/mol. The van der Waals surface area contributed by atoms with Crippen LogP contribution in [0.2, 0.25) is 0 Å². The Bertz CT molecular complexity index is 571. The lowest BCUT2D eigenvalue weighted by Gasteiger charge is -2.31. The van der Waals surface area contributed by atoms with Crippen molar-refractivity contribution in [3.63, 3.8) is 0 Å². The molecule has 6 heteroatoms. The number of hydrogen-bond donors (Lipinski definition) is 1. The van der Waals surface area contributed by atoms with Crippen molar-refractivity contribution in [2.24, 2.45) is 7.05 Å². The Balaban J connectivity index is 1.94. The molecule has 0 unspecified atom stereocenters. The molecule has 6 nitrogen and oxygen atoms in total. The van der Waals surface area contributed by atoms with Gasteiger partial charge in [0.25, 0.3) is 11.5 Å². The monoisotopic (exact) mass is 277 g/mol. The van der Waals surface area contributed by atoms with E-state index in [9.17, 15) is 14.4 Å². The fourth-order valence-corrected chi connectivity index (χ4v) is 2.30. The second-order valence-corrected chi connectivity index (χ2v) is 5.12. The summed E-state index contributed by atoms with van der Waals surface area (Å²) in [6.07, 6.45) is 3.07. The Morgan fingerprint density at radius 2 is 1.95 bits per heavy atom. The summed E-state index contributed by atoms with van der Waals surface area (Å²) in [6, 6.07) is 3.02. The third-order valence-corrected chi connectivity index (χ3v) is 3.64. The predicted octanol–water partition coefficient (Wildman–Crippen LogP) is 0.126. The highest BCUT2D eigenvalue weighted by Crippen LogP contribution is 2.11. The molecule has 2 rings (SSSR count). The van der Waals surface area contributed by atoms with Crippen LogP contribution in [0.5, 0.6) is 0 Å². The summed E-state index contributed by atoms with van der Waals surface area (Å²) in [5.74, 6) is -0.162. The molecule has 1 aliphatic heterocycles. The summed E-state index contributed by atoms with van der Waals surface area (Å²) in [7, 11) is 1.64. The maximum Gasteiger partial charge on any atom is 0.251 e. The number of nitrogens with zero attached hydrogens (tertiary/aromatic N) is 2.